The van der Waals surface area contributed by atoms with Crippen molar-refractivity contribution in [3.8, 4) is 0 Å². The third-order valence-electron chi connectivity index (χ3n) is 4.80. The van der Waals surface area contributed by atoms with Crippen molar-refractivity contribution in [3.05, 3.63) is 70.2 Å². The maximum Gasteiger partial charge on any atom is 0.317 e. The number of rotatable bonds is 5. The molecule has 0 saturated carbocycles. The van der Waals surface area contributed by atoms with Gasteiger partial charge in [0.25, 0.3) is 0 Å². The number of carboxylic acid groups (broad SMARTS) is 1. The third kappa shape index (κ3) is 4.48. The second-order valence-corrected chi connectivity index (χ2v) is 7.49. The van der Waals surface area contributed by atoms with E-state index in [9.17, 15) is 4.79 Å². The Hall–Kier alpha value is -1.69. The lowest BCUT2D eigenvalue weighted by Crippen LogP contribution is -2.54. The van der Waals surface area contributed by atoms with Crippen molar-refractivity contribution in [2.45, 2.75) is 19.0 Å². The van der Waals surface area contributed by atoms with Crippen molar-refractivity contribution in [2.24, 2.45) is 0 Å². The molecule has 0 aromatic heterocycles. The Morgan fingerprint density at radius 2 is 1.76 bits per heavy atom. The fourth-order valence-electron chi connectivity index (χ4n) is 3.56. The molecule has 0 spiro atoms. The summed E-state index contributed by atoms with van der Waals surface area (Å²) < 4.78 is 1.07. The fraction of sp³-hybridized carbons (Fsp3) is 0.350. The molecule has 0 amide bonds. The Labute approximate surface area is 157 Å². The minimum absolute atomic E-state index is 0.114. The molecule has 1 saturated heterocycles. The van der Waals surface area contributed by atoms with E-state index >= 15 is 0 Å². The molecule has 5 heteroatoms. The second-order valence-electron chi connectivity index (χ2n) is 6.57. The largest absolute Gasteiger partial charge is 0.480 e. The van der Waals surface area contributed by atoms with Crippen molar-refractivity contribution >= 4 is 21.9 Å². The zero-order chi connectivity index (χ0) is 17.8. The minimum atomic E-state index is -0.757. The van der Waals surface area contributed by atoms with Crippen LogP contribution in [0.5, 0.6) is 0 Å². The molecular weight excluding hydrogens is 380 g/mol. The van der Waals surface area contributed by atoms with Crippen molar-refractivity contribution in [3.63, 3.8) is 0 Å². The van der Waals surface area contributed by atoms with E-state index in [1.807, 2.05) is 11.0 Å². The molecule has 2 aromatic rings. The first-order valence-electron chi connectivity index (χ1n) is 8.55. The lowest BCUT2D eigenvalue weighted by molar-refractivity contribution is -0.139. The first-order valence-corrected chi connectivity index (χ1v) is 9.34. The quantitative estimate of drug-likeness (QED) is 0.828. The average molecular weight is 403 g/mol. The molecule has 1 fully saturated rings. The number of nitrogens with zero attached hydrogens (tertiary/aromatic N) is 2. The third-order valence-corrected chi connectivity index (χ3v) is 5.33. The molecule has 0 bridgehead atoms. The van der Waals surface area contributed by atoms with Gasteiger partial charge in [0.15, 0.2) is 0 Å². The molecule has 1 aliphatic rings. The number of aliphatic carboxylic acids is 1. The molecule has 1 unspecified atom stereocenters. The van der Waals surface area contributed by atoms with Gasteiger partial charge in [-0.3, -0.25) is 14.6 Å². The smallest absolute Gasteiger partial charge is 0.317 e. The molecule has 0 radical (unpaired) electrons. The monoisotopic (exact) mass is 402 g/mol. The van der Waals surface area contributed by atoms with E-state index < -0.39 is 5.97 Å². The van der Waals surface area contributed by atoms with Crippen LogP contribution >= 0.6 is 15.9 Å². The molecule has 0 aliphatic carbocycles. The van der Waals surface area contributed by atoms with Crippen LogP contribution in [0.1, 0.15) is 24.1 Å². The second kappa shape index (κ2) is 8.13. The zero-order valence-corrected chi connectivity index (χ0v) is 15.9. The summed E-state index contributed by atoms with van der Waals surface area (Å²) in [5.74, 6) is -0.757. The van der Waals surface area contributed by atoms with Crippen LogP contribution in [0.25, 0.3) is 0 Å². The zero-order valence-electron chi connectivity index (χ0n) is 14.3. The molecular formula is C20H23BrN2O2. The summed E-state index contributed by atoms with van der Waals surface area (Å²) >= 11 is 3.51. The van der Waals surface area contributed by atoms with Gasteiger partial charge in [-0.05, 0) is 30.2 Å². The number of piperazine rings is 1. The summed E-state index contributed by atoms with van der Waals surface area (Å²) in [4.78, 5) is 15.5. The Balaban J connectivity index is 1.86. The molecule has 132 valence electrons. The summed E-state index contributed by atoms with van der Waals surface area (Å²) in [5, 5.41) is 9.08. The van der Waals surface area contributed by atoms with Crippen LogP contribution in [0.15, 0.2) is 59.1 Å². The summed E-state index contributed by atoms with van der Waals surface area (Å²) in [7, 11) is 0. The summed E-state index contributed by atoms with van der Waals surface area (Å²) in [6.07, 6.45) is 0. The molecule has 2 atom stereocenters. The van der Waals surface area contributed by atoms with Gasteiger partial charge in [0.2, 0.25) is 0 Å². The summed E-state index contributed by atoms with van der Waals surface area (Å²) in [5.41, 5.74) is 2.52. The highest BCUT2D eigenvalue weighted by molar-refractivity contribution is 9.10. The van der Waals surface area contributed by atoms with Crippen LogP contribution in [0.3, 0.4) is 0 Å². The lowest BCUT2D eigenvalue weighted by atomic mass is 9.95. The van der Waals surface area contributed by atoms with E-state index in [0.717, 1.165) is 24.1 Å². The van der Waals surface area contributed by atoms with Gasteiger partial charge < -0.3 is 5.11 Å². The molecule has 3 rings (SSSR count). The van der Waals surface area contributed by atoms with Crippen LogP contribution in [0.2, 0.25) is 0 Å². The Morgan fingerprint density at radius 1 is 1.12 bits per heavy atom. The first kappa shape index (κ1) is 18.1. The number of hydrogen-bond acceptors (Lipinski definition) is 3. The first-order chi connectivity index (χ1) is 12.0. The van der Waals surface area contributed by atoms with Crippen LogP contribution in [0.4, 0.5) is 0 Å². The van der Waals surface area contributed by atoms with Gasteiger partial charge in [0, 0.05) is 30.1 Å². The van der Waals surface area contributed by atoms with E-state index in [1.165, 1.54) is 11.1 Å². The molecule has 25 heavy (non-hydrogen) atoms. The highest BCUT2D eigenvalue weighted by Crippen LogP contribution is 2.31. The minimum Gasteiger partial charge on any atom is -0.480 e. The maximum absolute atomic E-state index is 11.0. The topological polar surface area (TPSA) is 43.8 Å². The van der Waals surface area contributed by atoms with Gasteiger partial charge in [-0.1, -0.05) is 58.4 Å². The molecule has 1 aliphatic heterocycles. The number of benzene rings is 2. The fourth-order valence-corrected chi connectivity index (χ4v) is 3.83. The van der Waals surface area contributed by atoms with Crippen LogP contribution in [-0.4, -0.2) is 53.1 Å². The number of carbonyl (C=O) groups is 1. The van der Waals surface area contributed by atoms with Crippen LogP contribution in [-0.2, 0) is 4.79 Å². The summed E-state index contributed by atoms with van der Waals surface area (Å²) in [6, 6.07) is 19.4. The summed E-state index contributed by atoms with van der Waals surface area (Å²) in [6.45, 7) is 4.70. The highest BCUT2D eigenvalue weighted by Gasteiger charge is 2.30. The van der Waals surface area contributed by atoms with Crippen LogP contribution in [0, 0.1) is 0 Å². The predicted octanol–water partition coefficient (Wildman–Crippen LogP) is 3.63. The molecule has 2 aromatic carbocycles. The van der Waals surface area contributed by atoms with Crippen molar-refractivity contribution in [1.82, 2.24) is 9.80 Å². The van der Waals surface area contributed by atoms with Crippen LogP contribution < -0.4 is 0 Å². The van der Waals surface area contributed by atoms with Crippen molar-refractivity contribution < 1.29 is 9.90 Å². The van der Waals surface area contributed by atoms with Gasteiger partial charge in [-0.25, -0.2) is 0 Å². The highest BCUT2D eigenvalue weighted by atomic mass is 79.9. The van der Waals surface area contributed by atoms with E-state index in [4.69, 9.17) is 5.11 Å². The average Bonchev–Trinajstić information content (AvgIpc) is 2.60. The standard InChI is InChI=1S/C20H23BrN2O2/c1-15-13-23(12-11-22(15)14-19(24)25)20(16-5-3-2-4-6-16)17-7-9-18(21)10-8-17/h2-10,15,20H,11-14H2,1H3,(H,24,25)/t15-,20?/m1/s1. The maximum atomic E-state index is 11.0. The van der Waals surface area contributed by atoms with Crippen molar-refractivity contribution in [2.75, 3.05) is 26.2 Å². The van der Waals surface area contributed by atoms with E-state index in [-0.39, 0.29) is 18.6 Å². The number of carboxylic acids is 1. The lowest BCUT2D eigenvalue weighted by Gasteiger charge is -2.43. The van der Waals surface area contributed by atoms with E-state index in [0.29, 0.717) is 0 Å². The SMILES string of the molecule is C[C@@H]1CN(C(c2ccccc2)c2ccc(Br)cc2)CCN1CC(=O)O. The van der Waals surface area contributed by atoms with Gasteiger partial charge in [-0.2, -0.15) is 0 Å². The predicted molar refractivity (Wildman–Crippen MR) is 103 cm³/mol. The molecule has 1 N–H and O–H groups in total. The normalized spacial score (nSPS) is 20.3. The number of hydrogen-bond donors (Lipinski definition) is 1. The van der Waals surface area contributed by atoms with E-state index in [1.54, 1.807) is 0 Å². The molecule has 4 nitrogen and oxygen atoms in total. The Morgan fingerprint density at radius 3 is 2.36 bits per heavy atom. The van der Waals surface area contributed by atoms with Gasteiger partial charge >= 0.3 is 5.97 Å². The van der Waals surface area contributed by atoms with Gasteiger partial charge in [0.05, 0.1) is 12.6 Å². The number of halogens is 1. The Kier molecular flexibility index (Phi) is 5.89. The molecule has 1 heterocycles. The Bertz CT molecular complexity index is 705. The van der Waals surface area contributed by atoms with Gasteiger partial charge in [0.1, 0.15) is 0 Å². The van der Waals surface area contributed by atoms with Crippen molar-refractivity contribution in [1.29, 1.82) is 0 Å². The van der Waals surface area contributed by atoms with Gasteiger partial charge in [-0.15, -0.1) is 0 Å². The van der Waals surface area contributed by atoms with E-state index in [2.05, 4.69) is 76.3 Å².